The van der Waals surface area contributed by atoms with Gasteiger partial charge in [0.2, 0.25) is 0 Å². The van der Waals surface area contributed by atoms with Gasteiger partial charge in [-0.2, -0.15) is 0 Å². The Kier molecular flexibility index (Phi) is 3.74. The second-order valence-corrected chi connectivity index (χ2v) is 7.49. The summed E-state index contributed by atoms with van der Waals surface area (Å²) < 4.78 is 24.7. The number of sulfone groups is 1. The van der Waals surface area contributed by atoms with Crippen molar-refractivity contribution in [3.8, 4) is 0 Å². The first-order valence-electron chi connectivity index (χ1n) is 7.11. The van der Waals surface area contributed by atoms with Crippen LogP contribution in [0.4, 0.5) is 5.69 Å². The Labute approximate surface area is 131 Å². The van der Waals surface area contributed by atoms with Crippen LogP contribution >= 0.6 is 0 Å². The molecule has 5 heteroatoms. The number of nitrogens with zero attached hydrogens (tertiary/aromatic N) is 2. The third-order valence-electron chi connectivity index (χ3n) is 3.82. The molecule has 0 bridgehead atoms. The fourth-order valence-electron chi connectivity index (χ4n) is 2.56. The molecule has 0 aromatic heterocycles. The van der Waals surface area contributed by atoms with E-state index in [0.717, 1.165) is 22.5 Å². The Hall–Kier alpha value is -2.14. The Morgan fingerprint density at radius 2 is 1.77 bits per heavy atom. The lowest BCUT2D eigenvalue weighted by Crippen LogP contribution is -2.17. The number of rotatable bonds is 3. The van der Waals surface area contributed by atoms with Gasteiger partial charge in [-0.1, -0.05) is 35.9 Å². The Balaban J connectivity index is 1.87. The van der Waals surface area contributed by atoms with E-state index in [-0.39, 0.29) is 5.88 Å². The van der Waals surface area contributed by atoms with Gasteiger partial charge in [-0.05, 0) is 25.1 Å². The molecule has 114 valence electrons. The van der Waals surface area contributed by atoms with Crippen molar-refractivity contribution in [3.63, 3.8) is 0 Å². The van der Waals surface area contributed by atoms with Gasteiger partial charge in [0.15, 0.2) is 9.84 Å². The quantitative estimate of drug-likeness (QED) is 0.875. The first-order valence-corrected chi connectivity index (χ1v) is 8.76. The van der Waals surface area contributed by atoms with Crippen molar-refractivity contribution in [1.29, 1.82) is 0 Å². The molecule has 0 atom stereocenters. The number of para-hydroxylation sites is 1. The van der Waals surface area contributed by atoms with Crippen molar-refractivity contribution in [2.24, 2.45) is 4.99 Å². The normalized spacial score (nSPS) is 16.1. The summed E-state index contributed by atoms with van der Waals surface area (Å²) in [5.41, 5.74) is 3.98. The van der Waals surface area contributed by atoms with Gasteiger partial charge in [0, 0.05) is 18.3 Å². The van der Waals surface area contributed by atoms with E-state index >= 15 is 0 Å². The van der Waals surface area contributed by atoms with Gasteiger partial charge in [-0.3, -0.25) is 4.99 Å². The van der Waals surface area contributed by atoms with Gasteiger partial charge >= 0.3 is 0 Å². The fourth-order valence-corrected chi connectivity index (χ4v) is 3.59. The van der Waals surface area contributed by atoms with Crippen LogP contribution in [0.25, 0.3) is 0 Å². The van der Waals surface area contributed by atoms with Crippen LogP contribution in [-0.2, 0) is 9.84 Å². The van der Waals surface area contributed by atoms with Crippen molar-refractivity contribution in [2.45, 2.75) is 11.8 Å². The number of fused-ring (bicyclic) bond motifs is 1. The van der Waals surface area contributed by atoms with E-state index in [1.807, 2.05) is 38.2 Å². The van der Waals surface area contributed by atoms with Gasteiger partial charge in [0.25, 0.3) is 0 Å². The highest BCUT2D eigenvalue weighted by Gasteiger charge is 2.22. The van der Waals surface area contributed by atoms with Gasteiger partial charge in [0.1, 0.15) is 5.88 Å². The van der Waals surface area contributed by atoms with E-state index in [2.05, 4.69) is 9.89 Å². The van der Waals surface area contributed by atoms with Crippen LogP contribution in [0.5, 0.6) is 0 Å². The minimum Gasteiger partial charge on any atom is -0.368 e. The largest absolute Gasteiger partial charge is 0.368 e. The SMILES string of the molecule is Cc1ccc(S(=O)(=O)C/N=C2\CN(C)c3ccccc32)cc1. The molecule has 0 radical (unpaired) electrons. The molecule has 1 aliphatic heterocycles. The van der Waals surface area contributed by atoms with Crippen LogP contribution in [0.1, 0.15) is 11.1 Å². The van der Waals surface area contributed by atoms with Crippen molar-refractivity contribution < 1.29 is 8.42 Å². The van der Waals surface area contributed by atoms with E-state index in [1.54, 1.807) is 24.3 Å². The molecule has 0 saturated carbocycles. The monoisotopic (exact) mass is 314 g/mol. The minimum atomic E-state index is -3.39. The number of aryl methyl sites for hydroxylation is 1. The van der Waals surface area contributed by atoms with E-state index in [0.29, 0.717) is 11.4 Å². The zero-order valence-corrected chi connectivity index (χ0v) is 13.5. The lowest BCUT2D eigenvalue weighted by Gasteiger charge is -2.09. The molecule has 2 aromatic rings. The second-order valence-electron chi connectivity index (χ2n) is 5.53. The number of hydrogen-bond donors (Lipinski definition) is 0. The molecular formula is C17H18N2O2S. The molecule has 0 fully saturated rings. The number of likely N-dealkylation sites (N-methyl/N-ethyl adjacent to an activating group) is 1. The molecular weight excluding hydrogens is 296 g/mol. The molecule has 3 rings (SSSR count). The maximum absolute atomic E-state index is 12.4. The Morgan fingerprint density at radius 1 is 1.09 bits per heavy atom. The summed E-state index contributed by atoms with van der Waals surface area (Å²) in [6.07, 6.45) is 0. The van der Waals surface area contributed by atoms with Crippen LogP contribution in [0.15, 0.2) is 58.4 Å². The molecule has 22 heavy (non-hydrogen) atoms. The summed E-state index contributed by atoms with van der Waals surface area (Å²) in [5, 5.41) is 0. The molecule has 0 amide bonds. The fraction of sp³-hybridized carbons (Fsp3) is 0.235. The zero-order valence-electron chi connectivity index (χ0n) is 12.7. The topological polar surface area (TPSA) is 49.7 Å². The van der Waals surface area contributed by atoms with Gasteiger partial charge in [-0.15, -0.1) is 0 Å². The molecule has 0 unspecified atom stereocenters. The molecule has 2 aromatic carbocycles. The average Bonchev–Trinajstić information content (AvgIpc) is 2.83. The highest BCUT2D eigenvalue weighted by molar-refractivity contribution is 7.91. The summed E-state index contributed by atoms with van der Waals surface area (Å²) in [5.74, 6) is -0.215. The number of aliphatic imine (C=N–C) groups is 1. The predicted octanol–water partition coefficient (Wildman–Crippen LogP) is 2.67. The predicted molar refractivity (Wildman–Crippen MR) is 89.5 cm³/mol. The van der Waals surface area contributed by atoms with Gasteiger partial charge in [-0.25, -0.2) is 8.42 Å². The van der Waals surface area contributed by atoms with E-state index in [1.165, 1.54) is 0 Å². The molecule has 0 N–H and O–H groups in total. The maximum atomic E-state index is 12.4. The summed E-state index contributed by atoms with van der Waals surface area (Å²) in [6, 6.07) is 14.8. The van der Waals surface area contributed by atoms with E-state index in [9.17, 15) is 8.42 Å². The van der Waals surface area contributed by atoms with Crippen molar-refractivity contribution in [3.05, 3.63) is 59.7 Å². The number of anilines is 1. The van der Waals surface area contributed by atoms with Gasteiger partial charge in [0.05, 0.1) is 17.2 Å². The molecule has 1 heterocycles. The standard InChI is InChI=1S/C17H18N2O2S/c1-13-7-9-14(10-8-13)22(20,21)12-18-16-11-19(2)17-6-4-3-5-15(16)17/h3-10H,11-12H2,1-2H3/b18-16+. The first kappa shape index (κ1) is 14.8. The summed E-state index contributed by atoms with van der Waals surface area (Å²) in [7, 11) is -1.41. The Morgan fingerprint density at radius 3 is 2.50 bits per heavy atom. The molecule has 0 saturated heterocycles. The number of benzene rings is 2. The Bertz CT molecular complexity index is 824. The lowest BCUT2D eigenvalue weighted by molar-refractivity contribution is 0.596. The summed E-state index contributed by atoms with van der Waals surface area (Å²) in [6.45, 7) is 2.57. The molecule has 0 spiro atoms. The lowest BCUT2D eigenvalue weighted by atomic mass is 10.1. The minimum absolute atomic E-state index is 0.215. The molecule has 0 aliphatic carbocycles. The van der Waals surface area contributed by atoms with E-state index < -0.39 is 9.84 Å². The summed E-state index contributed by atoms with van der Waals surface area (Å²) in [4.78, 5) is 6.77. The van der Waals surface area contributed by atoms with Crippen LogP contribution < -0.4 is 4.90 Å². The highest BCUT2D eigenvalue weighted by atomic mass is 32.2. The maximum Gasteiger partial charge on any atom is 0.198 e. The zero-order chi connectivity index (χ0) is 15.7. The molecule has 4 nitrogen and oxygen atoms in total. The highest BCUT2D eigenvalue weighted by Crippen LogP contribution is 2.26. The van der Waals surface area contributed by atoms with Crippen LogP contribution in [0.2, 0.25) is 0 Å². The molecule has 1 aliphatic rings. The number of hydrogen-bond acceptors (Lipinski definition) is 4. The van der Waals surface area contributed by atoms with Crippen LogP contribution in [0, 0.1) is 6.92 Å². The van der Waals surface area contributed by atoms with Crippen LogP contribution in [-0.4, -0.2) is 33.6 Å². The van der Waals surface area contributed by atoms with E-state index in [4.69, 9.17) is 0 Å². The average molecular weight is 314 g/mol. The van der Waals surface area contributed by atoms with Gasteiger partial charge < -0.3 is 4.90 Å². The van der Waals surface area contributed by atoms with Crippen molar-refractivity contribution in [1.82, 2.24) is 0 Å². The smallest absolute Gasteiger partial charge is 0.198 e. The van der Waals surface area contributed by atoms with Crippen molar-refractivity contribution >= 4 is 21.2 Å². The van der Waals surface area contributed by atoms with Crippen molar-refractivity contribution in [2.75, 3.05) is 24.4 Å². The third-order valence-corrected chi connectivity index (χ3v) is 5.28. The first-order chi connectivity index (χ1) is 10.5. The second kappa shape index (κ2) is 5.57. The third kappa shape index (κ3) is 2.76. The summed E-state index contributed by atoms with van der Waals surface area (Å²) >= 11 is 0. The van der Waals surface area contributed by atoms with Crippen LogP contribution in [0.3, 0.4) is 0 Å².